The van der Waals surface area contributed by atoms with E-state index in [1.54, 1.807) is 0 Å². The molecule has 0 atom stereocenters. The van der Waals surface area contributed by atoms with Crippen LogP contribution < -0.4 is 0 Å². The van der Waals surface area contributed by atoms with Crippen LogP contribution in [0.1, 0.15) is 10.5 Å². The van der Waals surface area contributed by atoms with E-state index in [0.717, 1.165) is 5.06 Å². The normalized spacial score (nSPS) is 9.92. The fourth-order valence-corrected chi connectivity index (χ4v) is 0.829. The summed E-state index contributed by atoms with van der Waals surface area (Å²) in [4.78, 5) is 16.0. The van der Waals surface area contributed by atoms with Crippen LogP contribution in [0, 0.1) is 0 Å². The molecule has 1 heterocycles. The van der Waals surface area contributed by atoms with E-state index in [2.05, 4.69) is 15.0 Å². The number of hydrogen-bond donors (Lipinski definition) is 1. The van der Waals surface area contributed by atoms with Crippen molar-refractivity contribution in [2.45, 2.75) is 0 Å². The van der Waals surface area contributed by atoms with Crippen LogP contribution in [-0.2, 0) is 4.84 Å². The van der Waals surface area contributed by atoms with Gasteiger partial charge in [-0.15, -0.1) is 0 Å². The van der Waals surface area contributed by atoms with Crippen LogP contribution in [0.5, 0.6) is 0 Å². The van der Waals surface area contributed by atoms with Gasteiger partial charge in [0.25, 0.3) is 5.91 Å². The van der Waals surface area contributed by atoms with Gasteiger partial charge in [-0.1, -0.05) is 11.6 Å². The van der Waals surface area contributed by atoms with Gasteiger partial charge in [0.05, 0.1) is 12.1 Å². The van der Waals surface area contributed by atoms with Crippen molar-refractivity contribution in [2.24, 2.45) is 0 Å². The molecule has 0 bridgehead atoms. The molecule has 6 heteroatoms. The molecule has 0 saturated heterocycles. The van der Waals surface area contributed by atoms with Gasteiger partial charge in [-0.25, -0.2) is 5.06 Å². The first-order chi connectivity index (χ1) is 5.66. The highest BCUT2D eigenvalue weighted by atomic mass is 35.5. The van der Waals surface area contributed by atoms with E-state index in [4.69, 9.17) is 11.6 Å². The largest absolute Gasteiger partial charge is 0.299 e. The average Bonchev–Trinajstić information content (AvgIpc) is 2.48. The molecule has 1 N–H and O–H groups in total. The van der Waals surface area contributed by atoms with E-state index in [-0.39, 0.29) is 16.6 Å². The number of halogens is 1. The summed E-state index contributed by atoms with van der Waals surface area (Å²) in [6.45, 7) is 0. The molecule has 0 fully saturated rings. The van der Waals surface area contributed by atoms with Gasteiger partial charge in [0.1, 0.15) is 0 Å². The van der Waals surface area contributed by atoms with E-state index in [1.807, 2.05) is 0 Å². The van der Waals surface area contributed by atoms with E-state index in [0.29, 0.717) is 0 Å². The zero-order chi connectivity index (χ0) is 9.14. The maximum Gasteiger partial charge on any atom is 0.299 e. The molecule has 0 unspecified atom stereocenters. The second-order valence-electron chi connectivity index (χ2n) is 2.07. The Kier molecular flexibility index (Phi) is 2.67. The van der Waals surface area contributed by atoms with Crippen molar-refractivity contribution in [1.29, 1.82) is 0 Å². The van der Waals surface area contributed by atoms with Crippen molar-refractivity contribution in [3.8, 4) is 0 Å². The molecular weight excluding hydrogens is 182 g/mol. The molecule has 12 heavy (non-hydrogen) atoms. The lowest BCUT2D eigenvalue weighted by Crippen LogP contribution is -2.25. The topological polar surface area (TPSA) is 58.2 Å². The zero-order valence-electron chi connectivity index (χ0n) is 6.67. The van der Waals surface area contributed by atoms with Gasteiger partial charge in [0, 0.05) is 13.2 Å². The Hall–Kier alpha value is -1.07. The quantitative estimate of drug-likeness (QED) is 0.697. The third kappa shape index (κ3) is 1.57. The number of nitrogens with zero attached hydrogens (tertiary/aromatic N) is 2. The van der Waals surface area contributed by atoms with Gasteiger partial charge >= 0.3 is 0 Å². The molecule has 0 saturated carbocycles. The van der Waals surface area contributed by atoms with Crippen LogP contribution in [0.2, 0.25) is 5.02 Å². The van der Waals surface area contributed by atoms with Crippen molar-refractivity contribution >= 4 is 17.5 Å². The van der Waals surface area contributed by atoms with Gasteiger partial charge in [-0.2, -0.15) is 5.10 Å². The Balaban J connectivity index is 2.85. The lowest BCUT2D eigenvalue weighted by Gasteiger charge is -2.11. The number of hydroxylamine groups is 2. The van der Waals surface area contributed by atoms with Gasteiger partial charge in [0.15, 0.2) is 5.69 Å². The van der Waals surface area contributed by atoms with Crippen LogP contribution in [0.3, 0.4) is 0 Å². The van der Waals surface area contributed by atoms with Crippen molar-refractivity contribution in [3.63, 3.8) is 0 Å². The number of H-pyrrole nitrogens is 1. The van der Waals surface area contributed by atoms with Crippen molar-refractivity contribution in [3.05, 3.63) is 16.9 Å². The summed E-state index contributed by atoms with van der Waals surface area (Å²) in [6, 6.07) is 0. The Morgan fingerprint density at radius 2 is 2.50 bits per heavy atom. The first kappa shape index (κ1) is 9.02. The molecule has 1 aromatic rings. The predicted molar refractivity (Wildman–Crippen MR) is 42.7 cm³/mol. The lowest BCUT2D eigenvalue weighted by molar-refractivity contribution is -0.0760. The molecular formula is C6H8ClN3O2. The van der Waals surface area contributed by atoms with E-state index in [9.17, 15) is 4.79 Å². The van der Waals surface area contributed by atoms with Crippen LogP contribution in [0.4, 0.5) is 0 Å². The summed E-state index contributed by atoms with van der Waals surface area (Å²) in [5, 5.41) is 7.45. The predicted octanol–water partition coefficient (Wildman–Crippen LogP) is 0.696. The lowest BCUT2D eigenvalue weighted by atomic mass is 10.4. The number of rotatable bonds is 2. The fourth-order valence-electron chi connectivity index (χ4n) is 0.657. The number of nitrogens with one attached hydrogen (secondary N) is 1. The first-order valence-corrected chi connectivity index (χ1v) is 3.56. The third-order valence-electron chi connectivity index (χ3n) is 1.36. The summed E-state index contributed by atoms with van der Waals surface area (Å²) in [7, 11) is 2.87. The minimum atomic E-state index is -0.385. The summed E-state index contributed by atoms with van der Waals surface area (Å²) in [6.07, 6.45) is 1.43. The molecule has 0 aliphatic rings. The van der Waals surface area contributed by atoms with Crippen LogP contribution >= 0.6 is 11.6 Å². The number of amides is 1. The molecule has 1 amide bonds. The summed E-state index contributed by atoms with van der Waals surface area (Å²) in [5.74, 6) is -0.385. The third-order valence-corrected chi connectivity index (χ3v) is 1.64. The van der Waals surface area contributed by atoms with Crippen molar-refractivity contribution in [2.75, 3.05) is 14.2 Å². The summed E-state index contributed by atoms with van der Waals surface area (Å²) >= 11 is 5.64. The van der Waals surface area contributed by atoms with Crippen LogP contribution in [0.25, 0.3) is 0 Å². The highest BCUT2D eigenvalue weighted by Crippen LogP contribution is 2.12. The molecule has 1 rings (SSSR count). The number of carbonyl (C=O) groups excluding carboxylic acids is 1. The minimum absolute atomic E-state index is 0.154. The molecule has 0 radical (unpaired) electrons. The second kappa shape index (κ2) is 3.55. The first-order valence-electron chi connectivity index (χ1n) is 3.18. The van der Waals surface area contributed by atoms with E-state index >= 15 is 0 Å². The van der Waals surface area contributed by atoms with Crippen molar-refractivity contribution < 1.29 is 9.63 Å². The fraction of sp³-hybridized carbons (Fsp3) is 0.333. The molecule has 0 aliphatic carbocycles. The molecule has 5 nitrogen and oxygen atoms in total. The van der Waals surface area contributed by atoms with E-state index < -0.39 is 0 Å². The molecule has 0 aromatic carbocycles. The van der Waals surface area contributed by atoms with Crippen molar-refractivity contribution in [1.82, 2.24) is 15.3 Å². The Labute approximate surface area is 74.2 Å². The van der Waals surface area contributed by atoms with Gasteiger partial charge in [-0.3, -0.25) is 14.7 Å². The second-order valence-corrected chi connectivity index (χ2v) is 2.47. The molecule has 66 valence electrons. The minimum Gasteiger partial charge on any atom is -0.283 e. The summed E-state index contributed by atoms with van der Waals surface area (Å²) < 4.78 is 0. The molecule has 0 spiro atoms. The Morgan fingerprint density at radius 1 is 1.83 bits per heavy atom. The maximum atomic E-state index is 11.3. The number of hydrogen-bond acceptors (Lipinski definition) is 3. The highest BCUT2D eigenvalue weighted by molar-refractivity contribution is 6.33. The van der Waals surface area contributed by atoms with Crippen LogP contribution in [-0.4, -0.2) is 35.3 Å². The Morgan fingerprint density at radius 3 is 2.92 bits per heavy atom. The molecule has 0 aliphatic heterocycles. The van der Waals surface area contributed by atoms with Gasteiger partial charge in [0.2, 0.25) is 0 Å². The van der Waals surface area contributed by atoms with E-state index in [1.165, 1.54) is 20.4 Å². The standard InChI is InChI=1S/C6H8ClN3O2/c1-10(12-2)6(11)5-4(7)3-8-9-5/h3H,1-2H3,(H,8,9). The number of aromatic amines is 1. The number of carbonyl (C=O) groups is 1. The monoisotopic (exact) mass is 189 g/mol. The SMILES string of the molecule is CON(C)C(=O)c1n[nH]cc1Cl. The van der Waals surface area contributed by atoms with Crippen LogP contribution in [0.15, 0.2) is 6.20 Å². The maximum absolute atomic E-state index is 11.3. The van der Waals surface area contributed by atoms with Gasteiger partial charge in [-0.05, 0) is 0 Å². The van der Waals surface area contributed by atoms with Gasteiger partial charge < -0.3 is 0 Å². The molecule has 1 aromatic heterocycles. The summed E-state index contributed by atoms with van der Waals surface area (Å²) in [5.41, 5.74) is 0.154. The average molecular weight is 190 g/mol. The Bertz CT molecular complexity index is 286. The highest BCUT2D eigenvalue weighted by Gasteiger charge is 2.17. The number of aromatic nitrogens is 2. The smallest absolute Gasteiger partial charge is 0.283 e. The zero-order valence-corrected chi connectivity index (χ0v) is 7.42.